The molecule has 7 nitrogen and oxygen atoms in total. The van der Waals surface area contributed by atoms with Gasteiger partial charge in [-0.25, -0.2) is 9.78 Å². The van der Waals surface area contributed by atoms with Crippen molar-refractivity contribution >= 4 is 23.8 Å². The van der Waals surface area contributed by atoms with Gasteiger partial charge in [0, 0.05) is 32.7 Å². The lowest BCUT2D eigenvalue weighted by molar-refractivity contribution is -0.151. The predicted octanol–water partition coefficient (Wildman–Crippen LogP) is 4.44. The van der Waals surface area contributed by atoms with Crippen molar-refractivity contribution in [1.82, 2.24) is 9.55 Å². The SMILES string of the molecule is CC(=O)O[C@@H]1CC=CC(=O)[C@@H](OC(=O)C=Cc2cn(C)cn2)C[C@H]2C(C)=CC[C@H](C(C)C)[C@H]2C1. The molecule has 34 heavy (non-hydrogen) atoms. The summed E-state index contributed by atoms with van der Waals surface area (Å²) in [4.78, 5) is 41.5. The van der Waals surface area contributed by atoms with E-state index in [0.29, 0.717) is 30.4 Å². The van der Waals surface area contributed by atoms with Crippen molar-refractivity contribution in [2.45, 2.75) is 65.6 Å². The summed E-state index contributed by atoms with van der Waals surface area (Å²) in [6.45, 7) is 7.92. The lowest BCUT2D eigenvalue weighted by Gasteiger charge is -2.42. The van der Waals surface area contributed by atoms with E-state index in [4.69, 9.17) is 9.47 Å². The van der Waals surface area contributed by atoms with Gasteiger partial charge >= 0.3 is 11.9 Å². The van der Waals surface area contributed by atoms with Gasteiger partial charge in [0.25, 0.3) is 0 Å². The second kappa shape index (κ2) is 11.4. The van der Waals surface area contributed by atoms with Crippen LogP contribution in [0, 0.1) is 23.7 Å². The highest BCUT2D eigenvalue weighted by atomic mass is 16.5. The van der Waals surface area contributed by atoms with Gasteiger partial charge in [-0.3, -0.25) is 9.59 Å². The number of hydrogen-bond acceptors (Lipinski definition) is 6. The number of aryl methyl sites for hydroxylation is 1. The van der Waals surface area contributed by atoms with Crippen LogP contribution in [0.3, 0.4) is 0 Å². The summed E-state index contributed by atoms with van der Waals surface area (Å²) in [6, 6.07) is 0. The Morgan fingerprint density at radius 2 is 1.97 bits per heavy atom. The van der Waals surface area contributed by atoms with E-state index in [1.54, 1.807) is 29.2 Å². The molecule has 5 atom stereocenters. The molecule has 1 heterocycles. The topological polar surface area (TPSA) is 87.5 Å². The molecule has 0 bridgehead atoms. The first-order chi connectivity index (χ1) is 16.1. The van der Waals surface area contributed by atoms with Crippen molar-refractivity contribution in [2.24, 2.45) is 30.7 Å². The van der Waals surface area contributed by atoms with Gasteiger partial charge in [-0.05, 0) is 62.0 Å². The van der Waals surface area contributed by atoms with Crippen LogP contribution in [0.25, 0.3) is 6.08 Å². The maximum Gasteiger partial charge on any atom is 0.331 e. The first-order valence-electron chi connectivity index (χ1n) is 12.0. The molecule has 0 unspecified atom stereocenters. The molecule has 0 aromatic carbocycles. The number of aromatic nitrogens is 2. The fourth-order valence-corrected chi connectivity index (χ4v) is 5.23. The van der Waals surface area contributed by atoms with Crippen molar-refractivity contribution in [2.75, 3.05) is 0 Å². The number of carbonyl (C=O) groups is 3. The largest absolute Gasteiger partial charge is 0.462 e. The molecule has 1 aromatic rings. The van der Waals surface area contributed by atoms with Gasteiger partial charge in [-0.2, -0.15) is 0 Å². The van der Waals surface area contributed by atoms with Gasteiger partial charge in [0.1, 0.15) is 6.10 Å². The molecule has 7 heteroatoms. The van der Waals surface area contributed by atoms with Crippen molar-refractivity contribution < 1.29 is 23.9 Å². The summed E-state index contributed by atoms with van der Waals surface area (Å²) >= 11 is 0. The number of fused-ring (bicyclic) bond motifs is 1. The van der Waals surface area contributed by atoms with E-state index in [9.17, 15) is 14.4 Å². The van der Waals surface area contributed by atoms with Crippen molar-refractivity contribution in [3.63, 3.8) is 0 Å². The number of imidazole rings is 1. The molecule has 0 N–H and O–H groups in total. The van der Waals surface area contributed by atoms with Gasteiger partial charge in [0.2, 0.25) is 0 Å². The fraction of sp³-hybridized carbons (Fsp3) is 0.556. The summed E-state index contributed by atoms with van der Waals surface area (Å²) in [5, 5.41) is 0. The molecule has 0 fully saturated rings. The summed E-state index contributed by atoms with van der Waals surface area (Å²) < 4.78 is 13.1. The molecule has 0 saturated carbocycles. The zero-order chi connectivity index (χ0) is 24.8. The average Bonchev–Trinajstić information content (AvgIpc) is 3.18. The third-order valence-corrected chi connectivity index (χ3v) is 6.93. The lowest BCUT2D eigenvalue weighted by atomic mass is 9.64. The van der Waals surface area contributed by atoms with Gasteiger partial charge in [0.15, 0.2) is 11.9 Å². The number of rotatable bonds is 5. The smallest absolute Gasteiger partial charge is 0.331 e. The Morgan fingerprint density at radius 1 is 1.21 bits per heavy atom. The summed E-state index contributed by atoms with van der Waals surface area (Å²) in [5.41, 5.74) is 1.84. The molecule has 2 aliphatic carbocycles. The highest BCUT2D eigenvalue weighted by Crippen LogP contribution is 2.44. The second-order valence-corrected chi connectivity index (χ2v) is 9.83. The third-order valence-electron chi connectivity index (χ3n) is 6.93. The van der Waals surface area contributed by atoms with Gasteiger partial charge in [0.05, 0.1) is 12.0 Å². The van der Waals surface area contributed by atoms with Gasteiger partial charge in [-0.1, -0.05) is 31.6 Å². The Bertz CT molecular complexity index is 987. The molecule has 3 rings (SSSR count). The summed E-state index contributed by atoms with van der Waals surface area (Å²) in [7, 11) is 1.85. The Hall–Kier alpha value is -2.96. The minimum absolute atomic E-state index is 0.0622. The van der Waals surface area contributed by atoms with Gasteiger partial charge < -0.3 is 14.0 Å². The van der Waals surface area contributed by atoms with Crippen LogP contribution >= 0.6 is 0 Å². The van der Waals surface area contributed by atoms with Crippen LogP contribution in [-0.4, -0.2) is 39.5 Å². The molecule has 2 aliphatic rings. The molecule has 184 valence electrons. The van der Waals surface area contributed by atoms with Crippen LogP contribution in [0.1, 0.15) is 59.1 Å². The first-order valence-corrected chi connectivity index (χ1v) is 12.0. The number of esters is 2. The standard InChI is InChI=1S/C27H36N2O5/c1-17(2)22-11-9-18(3)23-14-26(34-27(32)12-10-20-15-29(5)16-28-20)25(31)8-6-7-21(13-24(22)23)33-19(4)30/h6,8-10,12,15-17,21-24,26H,7,11,13-14H2,1-5H3/t21-,22-,23+,24-,26+/m1/s1. The fourth-order valence-electron chi connectivity index (χ4n) is 5.23. The Kier molecular flexibility index (Phi) is 8.64. The summed E-state index contributed by atoms with van der Waals surface area (Å²) in [6.07, 6.45) is 13.2. The average molecular weight is 469 g/mol. The van der Waals surface area contributed by atoms with Crippen LogP contribution in [0.2, 0.25) is 0 Å². The van der Waals surface area contributed by atoms with Crippen LogP contribution in [0.15, 0.2) is 42.4 Å². The quantitative estimate of drug-likeness (QED) is 0.361. The molecule has 0 radical (unpaired) electrons. The van der Waals surface area contributed by atoms with Crippen LogP contribution in [0.4, 0.5) is 0 Å². The number of ketones is 1. The van der Waals surface area contributed by atoms with E-state index in [0.717, 1.165) is 12.8 Å². The normalized spacial score (nSPS) is 27.9. The maximum absolute atomic E-state index is 13.0. The number of allylic oxidation sites excluding steroid dienone is 2. The van der Waals surface area contributed by atoms with Crippen LogP contribution in [0.5, 0.6) is 0 Å². The molecular weight excluding hydrogens is 432 g/mol. The zero-order valence-electron chi connectivity index (χ0n) is 20.8. The minimum Gasteiger partial charge on any atom is -0.462 e. The number of ether oxygens (including phenoxy) is 2. The zero-order valence-corrected chi connectivity index (χ0v) is 20.8. The Balaban J connectivity index is 1.86. The van der Waals surface area contributed by atoms with E-state index in [-0.39, 0.29) is 29.7 Å². The highest BCUT2D eigenvalue weighted by Gasteiger charge is 2.40. The molecule has 0 aliphatic heterocycles. The highest BCUT2D eigenvalue weighted by molar-refractivity contribution is 5.96. The van der Waals surface area contributed by atoms with E-state index >= 15 is 0 Å². The van der Waals surface area contributed by atoms with E-state index in [2.05, 4.69) is 31.8 Å². The second-order valence-electron chi connectivity index (χ2n) is 9.83. The first kappa shape index (κ1) is 25.7. The molecular formula is C27H36N2O5. The van der Waals surface area contributed by atoms with Crippen molar-refractivity contribution in [3.05, 3.63) is 48.1 Å². The van der Waals surface area contributed by atoms with E-state index < -0.39 is 12.1 Å². The molecule has 0 saturated heterocycles. The lowest BCUT2D eigenvalue weighted by Crippen LogP contribution is -2.39. The Labute approximate surface area is 201 Å². The van der Waals surface area contributed by atoms with Crippen LogP contribution in [-0.2, 0) is 30.9 Å². The van der Waals surface area contributed by atoms with Crippen molar-refractivity contribution in [3.8, 4) is 0 Å². The molecule has 0 amide bonds. The Morgan fingerprint density at radius 3 is 2.62 bits per heavy atom. The number of hydrogen-bond donors (Lipinski definition) is 0. The number of nitrogens with zero attached hydrogens (tertiary/aromatic N) is 2. The van der Waals surface area contributed by atoms with Crippen LogP contribution < -0.4 is 0 Å². The summed E-state index contributed by atoms with van der Waals surface area (Å²) in [5.74, 6) is -0.0138. The predicted molar refractivity (Wildman–Crippen MR) is 129 cm³/mol. The van der Waals surface area contributed by atoms with Crippen molar-refractivity contribution in [1.29, 1.82) is 0 Å². The third kappa shape index (κ3) is 6.78. The minimum atomic E-state index is -0.871. The molecule has 0 spiro atoms. The van der Waals surface area contributed by atoms with Gasteiger partial charge in [-0.15, -0.1) is 0 Å². The number of carbonyl (C=O) groups excluding carboxylic acids is 3. The van der Waals surface area contributed by atoms with E-state index in [1.807, 2.05) is 7.05 Å². The van der Waals surface area contributed by atoms with E-state index in [1.165, 1.54) is 24.6 Å². The monoisotopic (exact) mass is 468 g/mol. The molecule has 1 aromatic heterocycles. The maximum atomic E-state index is 13.0.